The number of hydrogen-bond donors (Lipinski definition) is 1. The van der Waals surface area contributed by atoms with Crippen molar-refractivity contribution in [2.24, 2.45) is 5.92 Å². The molecule has 1 aliphatic rings. The Hall–Kier alpha value is -1.44. The van der Waals surface area contributed by atoms with Crippen LogP contribution in [0.25, 0.3) is 0 Å². The summed E-state index contributed by atoms with van der Waals surface area (Å²) in [7, 11) is -1.89. The number of methoxy groups -OCH3 is 1. The molecule has 1 aromatic carbocycles. The average Bonchev–Trinajstić information content (AvgIpc) is 2.57. The molecule has 1 unspecified atom stereocenters. The molecule has 0 saturated carbocycles. The minimum Gasteiger partial charge on any atom is -0.384 e. The van der Waals surface area contributed by atoms with E-state index in [0.717, 1.165) is 16.8 Å². The van der Waals surface area contributed by atoms with Crippen molar-refractivity contribution in [3.05, 3.63) is 29.3 Å². The van der Waals surface area contributed by atoms with Crippen LogP contribution in [-0.4, -0.2) is 51.2 Å². The molecule has 2 rings (SSSR count). The van der Waals surface area contributed by atoms with Gasteiger partial charge in [0.05, 0.1) is 18.3 Å². The van der Waals surface area contributed by atoms with Gasteiger partial charge < -0.3 is 10.1 Å². The fourth-order valence-electron chi connectivity index (χ4n) is 2.85. The summed E-state index contributed by atoms with van der Waals surface area (Å²) in [6.45, 7) is 4.84. The highest BCUT2D eigenvalue weighted by molar-refractivity contribution is 7.89. The maximum Gasteiger partial charge on any atom is 0.228 e. The zero-order valence-electron chi connectivity index (χ0n) is 14.5. The molecule has 1 aromatic rings. The molecule has 0 spiro atoms. The molecular weight excluding hydrogens is 328 g/mol. The van der Waals surface area contributed by atoms with Crippen molar-refractivity contribution < 1.29 is 17.9 Å². The Balaban J connectivity index is 2.04. The molecule has 0 bridgehead atoms. The van der Waals surface area contributed by atoms with Gasteiger partial charge in [0, 0.05) is 25.9 Å². The minimum absolute atomic E-state index is 0.0468. The van der Waals surface area contributed by atoms with Crippen molar-refractivity contribution in [3.8, 4) is 0 Å². The van der Waals surface area contributed by atoms with Crippen LogP contribution in [0.1, 0.15) is 24.0 Å². The molecule has 7 heteroatoms. The van der Waals surface area contributed by atoms with Gasteiger partial charge in [0.25, 0.3) is 0 Å². The molecule has 1 heterocycles. The van der Waals surface area contributed by atoms with Gasteiger partial charge in [0.2, 0.25) is 15.9 Å². The summed E-state index contributed by atoms with van der Waals surface area (Å²) in [5.41, 5.74) is 2.94. The zero-order valence-corrected chi connectivity index (χ0v) is 15.4. The number of nitrogens with one attached hydrogen (secondary N) is 1. The van der Waals surface area contributed by atoms with E-state index in [1.807, 2.05) is 32.0 Å². The highest BCUT2D eigenvalue weighted by Crippen LogP contribution is 2.23. The van der Waals surface area contributed by atoms with E-state index in [0.29, 0.717) is 19.4 Å². The molecule has 1 N–H and O–H groups in total. The smallest absolute Gasteiger partial charge is 0.228 e. The molecule has 1 fully saturated rings. The van der Waals surface area contributed by atoms with Gasteiger partial charge in [-0.1, -0.05) is 12.1 Å². The van der Waals surface area contributed by atoms with Crippen molar-refractivity contribution in [2.45, 2.75) is 26.7 Å². The summed E-state index contributed by atoms with van der Waals surface area (Å²) >= 11 is 0. The molecule has 1 amide bonds. The van der Waals surface area contributed by atoms with E-state index in [1.165, 1.54) is 11.4 Å². The van der Waals surface area contributed by atoms with Crippen LogP contribution in [0.4, 0.5) is 5.69 Å². The second-order valence-electron chi connectivity index (χ2n) is 6.24. The van der Waals surface area contributed by atoms with E-state index in [-0.39, 0.29) is 30.7 Å². The van der Waals surface area contributed by atoms with Crippen LogP contribution in [0, 0.1) is 19.8 Å². The Morgan fingerprint density at radius 1 is 1.38 bits per heavy atom. The third kappa shape index (κ3) is 4.55. The van der Waals surface area contributed by atoms with E-state index >= 15 is 0 Å². The Morgan fingerprint density at radius 3 is 2.83 bits per heavy atom. The number of benzene rings is 1. The maximum absolute atomic E-state index is 12.6. The second-order valence-corrected chi connectivity index (χ2v) is 8.33. The summed E-state index contributed by atoms with van der Waals surface area (Å²) in [4.78, 5) is 12.6. The molecule has 0 aromatic heterocycles. The first kappa shape index (κ1) is 18.9. The van der Waals surface area contributed by atoms with Crippen LogP contribution in [0.2, 0.25) is 0 Å². The normalized spacial score (nSPS) is 19.2. The van der Waals surface area contributed by atoms with Crippen LogP contribution in [0.15, 0.2) is 18.2 Å². The number of sulfonamides is 1. The first-order chi connectivity index (χ1) is 11.3. The Bertz CT molecular complexity index is 688. The number of carbonyl (C=O) groups excluding carboxylic acids is 1. The highest BCUT2D eigenvalue weighted by atomic mass is 32.2. The van der Waals surface area contributed by atoms with Crippen LogP contribution in [-0.2, 0) is 19.6 Å². The number of amides is 1. The standard InChI is InChI=1S/C17H26N2O4S/c1-13-6-4-8-16(14(13)2)18-17(20)15-7-5-9-19(12-15)24(21,22)11-10-23-3/h4,6,8,15H,5,7,9-12H2,1-3H3,(H,18,20). The lowest BCUT2D eigenvalue weighted by Gasteiger charge is -2.31. The quantitative estimate of drug-likeness (QED) is 0.847. The summed E-state index contributed by atoms with van der Waals surface area (Å²) in [5, 5.41) is 2.95. The fourth-order valence-corrected chi connectivity index (χ4v) is 4.30. The van der Waals surface area contributed by atoms with Crippen molar-refractivity contribution in [2.75, 3.05) is 37.9 Å². The lowest BCUT2D eigenvalue weighted by atomic mass is 9.98. The Morgan fingerprint density at radius 2 is 2.12 bits per heavy atom. The molecular formula is C17H26N2O4S. The molecule has 1 atom stereocenters. The summed E-state index contributed by atoms with van der Waals surface area (Å²) in [5.74, 6) is -0.485. The number of rotatable bonds is 6. The van der Waals surface area contributed by atoms with Gasteiger partial charge in [-0.05, 0) is 43.9 Å². The van der Waals surface area contributed by atoms with Crippen molar-refractivity contribution >= 4 is 21.6 Å². The summed E-state index contributed by atoms with van der Waals surface area (Å²) in [6, 6.07) is 5.77. The average molecular weight is 354 g/mol. The molecule has 134 valence electrons. The van der Waals surface area contributed by atoms with Crippen LogP contribution in [0.3, 0.4) is 0 Å². The third-order valence-electron chi connectivity index (χ3n) is 4.56. The van der Waals surface area contributed by atoms with Gasteiger partial charge in [0.1, 0.15) is 0 Å². The molecule has 6 nitrogen and oxygen atoms in total. The first-order valence-corrected chi connectivity index (χ1v) is 9.80. The summed E-state index contributed by atoms with van der Waals surface area (Å²) in [6.07, 6.45) is 1.39. The summed E-state index contributed by atoms with van der Waals surface area (Å²) < 4.78 is 30.8. The van der Waals surface area contributed by atoms with Crippen LogP contribution >= 0.6 is 0 Å². The fraction of sp³-hybridized carbons (Fsp3) is 0.588. The van der Waals surface area contributed by atoms with E-state index in [1.54, 1.807) is 0 Å². The zero-order chi connectivity index (χ0) is 17.7. The monoisotopic (exact) mass is 354 g/mol. The third-order valence-corrected chi connectivity index (χ3v) is 6.36. The largest absolute Gasteiger partial charge is 0.384 e. The number of hydrogen-bond acceptors (Lipinski definition) is 4. The minimum atomic E-state index is -3.37. The van der Waals surface area contributed by atoms with Gasteiger partial charge in [-0.2, -0.15) is 0 Å². The van der Waals surface area contributed by atoms with Crippen molar-refractivity contribution in [1.82, 2.24) is 4.31 Å². The van der Waals surface area contributed by atoms with Gasteiger partial charge >= 0.3 is 0 Å². The highest BCUT2D eigenvalue weighted by Gasteiger charge is 2.32. The number of carbonyl (C=O) groups is 1. The van der Waals surface area contributed by atoms with Gasteiger partial charge in [0.15, 0.2) is 0 Å². The second kappa shape index (κ2) is 8.09. The predicted molar refractivity (Wildman–Crippen MR) is 94.5 cm³/mol. The molecule has 1 aliphatic heterocycles. The number of nitrogens with zero attached hydrogens (tertiary/aromatic N) is 1. The van der Waals surface area contributed by atoms with Crippen LogP contribution in [0.5, 0.6) is 0 Å². The van der Waals surface area contributed by atoms with Crippen molar-refractivity contribution in [3.63, 3.8) is 0 Å². The first-order valence-electron chi connectivity index (χ1n) is 8.19. The van der Waals surface area contributed by atoms with E-state index in [4.69, 9.17) is 4.74 Å². The van der Waals surface area contributed by atoms with E-state index in [2.05, 4.69) is 5.32 Å². The predicted octanol–water partition coefficient (Wildman–Crippen LogP) is 1.93. The van der Waals surface area contributed by atoms with Gasteiger partial charge in [-0.3, -0.25) is 4.79 Å². The van der Waals surface area contributed by atoms with E-state index < -0.39 is 10.0 Å². The lowest BCUT2D eigenvalue weighted by Crippen LogP contribution is -2.45. The van der Waals surface area contributed by atoms with Crippen LogP contribution < -0.4 is 5.32 Å². The molecule has 0 aliphatic carbocycles. The topological polar surface area (TPSA) is 75.7 Å². The lowest BCUT2D eigenvalue weighted by molar-refractivity contribution is -0.120. The van der Waals surface area contributed by atoms with Gasteiger partial charge in [-0.25, -0.2) is 12.7 Å². The molecule has 0 radical (unpaired) electrons. The van der Waals surface area contributed by atoms with E-state index in [9.17, 15) is 13.2 Å². The number of piperidine rings is 1. The van der Waals surface area contributed by atoms with Gasteiger partial charge in [-0.15, -0.1) is 0 Å². The molecule has 24 heavy (non-hydrogen) atoms. The van der Waals surface area contributed by atoms with Crippen molar-refractivity contribution in [1.29, 1.82) is 0 Å². The molecule has 1 saturated heterocycles. The number of ether oxygens (including phenoxy) is 1. The SMILES string of the molecule is COCCS(=O)(=O)N1CCCC(C(=O)Nc2cccc(C)c2C)C1. The number of anilines is 1. The number of aryl methyl sites for hydroxylation is 1. The Kier molecular flexibility index (Phi) is 6.37. The Labute approximate surface area is 144 Å². The maximum atomic E-state index is 12.6.